The smallest absolute Gasteiger partial charge is 0.408 e. The standard InChI is InChI=1S/C16H16F16N2O4/c17-5-11(21,22)15(29,30)13(25,26)7(19)37-9(35)33-3-1-2-4-34-10(36)38-8(20)14(27,28)16(31,32)12(23,24)6-18/h7-8H,1-6H2,(H,33,35)(H,34,36). The van der Waals surface area contributed by atoms with Crippen molar-refractivity contribution in [3.63, 3.8) is 0 Å². The molecular weight excluding hydrogens is 588 g/mol. The summed E-state index contributed by atoms with van der Waals surface area (Å²) < 4.78 is 212. The van der Waals surface area contributed by atoms with Crippen LogP contribution in [0.2, 0.25) is 0 Å². The van der Waals surface area contributed by atoms with E-state index in [1.54, 1.807) is 0 Å². The molecule has 0 aromatic carbocycles. The number of unbranched alkanes of at least 4 members (excludes halogenated alkanes) is 1. The first-order valence-corrected chi connectivity index (χ1v) is 9.52. The molecule has 6 nitrogen and oxygen atoms in total. The molecule has 0 radical (unpaired) electrons. The van der Waals surface area contributed by atoms with Gasteiger partial charge in [0.25, 0.3) is 0 Å². The highest BCUT2D eigenvalue weighted by molar-refractivity contribution is 5.67. The molecule has 22 heteroatoms. The zero-order valence-electron chi connectivity index (χ0n) is 18.1. The van der Waals surface area contributed by atoms with Crippen LogP contribution in [0, 0.1) is 0 Å². The van der Waals surface area contributed by atoms with Crippen molar-refractivity contribution >= 4 is 12.2 Å². The van der Waals surface area contributed by atoms with E-state index >= 15 is 0 Å². The molecule has 38 heavy (non-hydrogen) atoms. The zero-order chi connectivity index (χ0) is 30.4. The Labute approximate surface area is 201 Å². The van der Waals surface area contributed by atoms with E-state index in [9.17, 15) is 79.8 Å². The van der Waals surface area contributed by atoms with Crippen molar-refractivity contribution in [2.24, 2.45) is 0 Å². The van der Waals surface area contributed by atoms with E-state index in [0.717, 1.165) is 0 Å². The number of alkyl halides is 16. The van der Waals surface area contributed by atoms with E-state index in [1.165, 1.54) is 10.6 Å². The van der Waals surface area contributed by atoms with Crippen molar-refractivity contribution in [2.45, 2.75) is 61.1 Å². The van der Waals surface area contributed by atoms with Gasteiger partial charge >= 0.3 is 60.4 Å². The second kappa shape index (κ2) is 12.5. The predicted octanol–water partition coefficient (Wildman–Crippen LogP) is 5.56. The van der Waals surface area contributed by atoms with Crippen molar-refractivity contribution in [3.8, 4) is 0 Å². The van der Waals surface area contributed by atoms with Gasteiger partial charge < -0.3 is 20.1 Å². The molecule has 0 aliphatic carbocycles. The summed E-state index contributed by atoms with van der Waals surface area (Å²) in [4.78, 5) is 22.2. The lowest BCUT2D eigenvalue weighted by atomic mass is 10.1. The summed E-state index contributed by atoms with van der Waals surface area (Å²) in [6, 6.07) is 0. The molecule has 0 aliphatic heterocycles. The van der Waals surface area contributed by atoms with Gasteiger partial charge in [0.15, 0.2) is 13.3 Å². The Morgan fingerprint density at radius 3 is 1.08 bits per heavy atom. The summed E-state index contributed by atoms with van der Waals surface area (Å²) in [6.07, 6.45) is -14.6. The molecular formula is C16H16F16N2O4. The Morgan fingerprint density at radius 2 is 0.842 bits per heavy atom. The second-order valence-electron chi connectivity index (χ2n) is 7.07. The number of rotatable bonds is 15. The maximum absolute atomic E-state index is 13.2. The predicted molar refractivity (Wildman–Crippen MR) is 89.6 cm³/mol. The molecule has 2 atom stereocenters. The van der Waals surface area contributed by atoms with Crippen LogP contribution in [0.5, 0.6) is 0 Å². The Balaban J connectivity index is 4.58. The van der Waals surface area contributed by atoms with Gasteiger partial charge in [-0.25, -0.2) is 18.4 Å². The lowest BCUT2D eigenvalue weighted by Crippen LogP contribution is -2.60. The third kappa shape index (κ3) is 7.50. The topological polar surface area (TPSA) is 76.7 Å². The summed E-state index contributed by atoms with van der Waals surface area (Å²) in [5.41, 5.74) is 0. The van der Waals surface area contributed by atoms with E-state index in [1.807, 2.05) is 0 Å². The summed E-state index contributed by atoms with van der Waals surface area (Å²) in [5, 5.41) is 2.87. The highest BCUT2D eigenvalue weighted by Gasteiger charge is 2.77. The minimum absolute atomic E-state index is 0.394. The number of amides is 2. The SMILES string of the molecule is O=C(NCCCCNC(=O)OC(F)C(F)(F)C(F)(F)C(F)(F)CF)OC(F)C(F)(F)C(F)(F)C(F)(F)CF. The van der Waals surface area contributed by atoms with Crippen LogP contribution in [0.25, 0.3) is 0 Å². The number of hydrogen-bond acceptors (Lipinski definition) is 4. The first-order chi connectivity index (χ1) is 17.0. The van der Waals surface area contributed by atoms with Crippen molar-refractivity contribution < 1.29 is 89.3 Å². The number of hydrogen-bond donors (Lipinski definition) is 2. The summed E-state index contributed by atoms with van der Waals surface area (Å²) >= 11 is 0. The summed E-state index contributed by atoms with van der Waals surface area (Å²) in [7, 11) is 0. The molecule has 0 heterocycles. The van der Waals surface area contributed by atoms with E-state index in [0.29, 0.717) is 0 Å². The van der Waals surface area contributed by atoms with E-state index in [4.69, 9.17) is 0 Å². The van der Waals surface area contributed by atoms with Gasteiger partial charge in [0, 0.05) is 13.1 Å². The minimum Gasteiger partial charge on any atom is -0.408 e. The Hall–Kier alpha value is -2.58. The molecule has 2 N–H and O–H groups in total. The molecule has 226 valence electrons. The van der Waals surface area contributed by atoms with Gasteiger partial charge in [-0.1, -0.05) is 0 Å². The van der Waals surface area contributed by atoms with Crippen molar-refractivity contribution in [1.29, 1.82) is 0 Å². The molecule has 0 fully saturated rings. The number of ether oxygens (including phenoxy) is 2. The van der Waals surface area contributed by atoms with Gasteiger partial charge in [-0.3, -0.25) is 0 Å². The summed E-state index contributed by atoms with van der Waals surface area (Å²) in [6.45, 7) is -8.07. The third-order valence-corrected chi connectivity index (χ3v) is 4.22. The third-order valence-electron chi connectivity index (χ3n) is 4.22. The summed E-state index contributed by atoms with van der Waals surface area (Å²) in [5.74, 6) is -38.1. The van der Waals surface area contributed by atoms with E-state index in [-0.39, 0.29) is 0 Å². The van der Waals surface area contributed by atoms with Crippen molar-refractivity contribution in [3.05, 3.63) is 0 Å². The minimum atomic E-state index is -6.62. The number of nitrogens with one attached hydrogen (secondary N) is 2. The van der Waals surface area contributed by atoms with Crippen LogP contribution < -0.4 is 10.6 Å². The number of alkyl carbamates (subject to hydrolysis) is 2. The van der Waals surface area contributed by atoms with Crippen LogP contribution in [0.1, 0.15) is 12.8 Å². The van der Waals surface area contributed by atoms with Gasteiger partial charge in [-0.15, -0.1) is 0 Å². The Bertz CT molecular complexity index is 733. The first kappa shape index (κ1) is 35.4. The van der Waals surface area contributed by atoms with Crippen molar-refractivity contribution in [1.82, 2.24) is 10.6 Å². The van der Waals surface area contributed by atoms with Crippen LogP contribution >= 0.6 is 0 Å². The molecule has 0 aromatic heterocycles. The van der Waals surface area contributed by atoms with Gasteiger partial charge in [0.2, 0.25) is 0 Å². The lowest BCUT2D eigenvalue weighted by Gasteiger charge is -2.32. The van der Waals surface area contributed by atoms with Gasteiger partial charge in [-0.05, 0) is 12.8 Å². The van der Waals surface area contributed by atoms with E-state index < -0.39 is 99.7 Å². The molecule has 0 aromatic rings. The van der Waals surface area contributed by atoms with Gasteiger partial charge in [-0.2, -0.15) is 61.5 Å². The zero-order valence-corrected chi connectivity index (χ0v) is 18.1. The fourth-order valence-corrected chi connectivity index (χ4v) is 1.99. The monoisotopic (exact) mass is 604 g/mol. The van der Waals surface area contributed by atoms with Crippen LogP contribution in [0.3, 0.4) is 0 Å². The molecule has 2 amide bonds. The fraction of sp³-hybridized carbons (Fsp3) is 0.875. The molecule has 0 rings (SSSR count). The molecule has 0 aliphatic rings. The quantitative estimate of drug-likeness (QED) is 0.190. The maximum atomic E-state index is 13.2. The lowest BCUT2D eigenvalue weighted by molar-refractivity contribution is -0.348. The van der Waals surface area contributed by atoms with Crippen molar-refractivity contribution in [2.75, 3.05) is 26.4 Å². The molecule has 0 bridgehead atoms. The number of carbonyl (C=O) groups is 2. The van der Waals surface area contributed by atoms with Crippen LogP contribution in [0.4, 0.5) is 79.8 Å². The normalized spacial score (nSPS) is 15.5. The molecule has 0 spiro atoms. The van der Waals surface area contributed by atoms with Gasteiger partial charge in [0.1, 0.15) is 0 Å². The highest BCUT2D eigenvalue weighted by Crippen LogP contribution is 2.49. The molecule has 2 unspecified atom stereocenters. The van der Waals surface area contributed by atoms with Gasteiger partial charge in [0.05, 0.1) is 0 Å². The average Bonchev–Trinajstić information content (AvgIpc) is 2.80. The largest absolute Gasteiger partial charge is 0.409 e. The first-order valence-electron chi connectivity index (χ1n) is 9.52. The van der Waals surface area contributed by atoms with E-state index in [2.05, 4.69) is 9.47 Å². The number of carbonyl (C=O) groups excluding carboxylic acids is 2. The highest BCUT2D eigenvalue weighted by atomic mass is 19.4. The van der Waals surface area contributed by atoms with Crippen LogP contribution in [-0.4, -0.2) is 86.9 Å². The molecule has 0 saturated carbocycles. The Kier molecular flexibility index (Phi) is 11.7. The van der Waals surface area contributed by atoms with Crippen LogP contribution in [-0.2, 0) is 9.47 Å². The second-order valence-corrected chi connectivity index (χ2v) is 7.07. The average molecular weight is 604 g/mol. The molecule has 0 saturated heterocycles. The fourth-order valence-electron chi connectivity index (χ4n) is 1.99. The maximum Gasteiger partial charge on any atom is 0.409 e. The Morgan fingerprint density at radius 1 is 0.579 bits per heavy atom. The van der Waals surface area contributed by atoms with Crippen LogP contribution in [0.15, 0.2) is 0 Å². The number of halogens is 16.